The highest BCUT2D eigenvalue weighted by Crippen LogP contribution is 2.34. The molecule has 1 aliphatic rings. The van der Waals surface area contributed by atoms with Crippen LogP contribution in [0.25, 0.3) is 88.6 Å². The maximum absolute atomic E-state index is 13.1. The van der Waals surface area contributed by atoms with Gasteiger partial charge in [0.2, 0.25) is 29.5 Å². The number of benzene rings is 10. The maximum Gasteiger partial charge on any atom is 0.329 e. The molecule has 1 unspecified atom stereocenters. The van der Waals surface area contributed by atoms with Gasteiger partial charge in [0, 0.05) is 98.5 Å². The molecule has 106 heavy (non-hydrogen) atoms. The molecule has 4 aromatic heterocycles. The number of primary amides is 3. The number of fused-ring (bicyclic) bond motifs is 4. The zero-order valence-electron chi connectivity index (χ0n) is 57.4. The Balaban J connectivity index is 0.000000133. The minimum atomic E-state index is -0.547. The molecule has 10 aromatic carbocycles. The molecule has 14 N–H and O–H groups in total. The lowest BCUT2D eigenvalue weighted by atomic mass is 10.0. The van der Waals surface area contributed by atoms with E-state index in [-0.39, 0.29) is 29.4 Å². The van der Waals surface area contributed by atoms with Crippen molar-refractivity contribution < 1.29 is 42.7 Å². The number of carbonyl (C=O) groups is 8. The van der Waals surface area contributed by atoms with Gasteiger partial charge in [0.05, 0.1) is 50.5 Å². The topological polar surface area (TPSA) is 381 Å². The zero-order valence-corrected chi connectivity index (χ0v) is 57.4. The molecule has 0 saturated carbocycles. The van der Waals surface area contributed by atoms with Crippen LogP contribution in [-0.4, -0.2) is 94.2 Å². The highest BCUT2D eigenvalue weighted by Gasteiger charge is 2.36. The van der Waals surface area contributed by atoms with Gasteiger partial charge in [0.1, 0.15) is 11.9 Å². The lowest BCUT2D eigenvalue weighted by Gasteiger charge is -2.12. The molecule has 0 bridgehead atoms. The Morgan fingerprint density at radius 3 is 1.25 bits per heavy atom. The van der Waals surface area contributed by atoms with E-state index in [1.165, 1.54) is 12.1 Å². The molecule has 0 radical (unpaired) electrons. The van der Waals surface area contributed by atoms with E-state index < -0.39 is 29.8 Å². The van der Waals surface area contributed by atoms with Gasteiger partial charge >= 0.3 is 6.03 Å². The van der Waals surface area contributed by atoms with E-state index in [0.29, 0.717) is 72.5 Å². The number of H-pyrrole nitrogens is 4. The molecule has 25 heteroatoms. The summed E-state index contributed by atoms with van der Waals surface area (Å²) in [5, 5.41) is 43.8. The van der Waals surface area contributed by atoms with Gasteiger partial charge in [0.25, 0.3) is 11.8 Å². The van der Waals surface area contributed by atoms with Crippen LogP contribution in [0.5, 0.6) is 0 Å². The predicted molar refractivity (Wildman–Crippen MR) is 403 cm³/mol. The summed E-state index contributed by atoms with van der Waals surface area (Å²) in [6.45, 7) is 4.76. The third kappa shape index (κ3) is 17.0. The fraction of sp³-hybridized carbons (Fsp3) is 0.111. The number of nitrogens with one attached hydrogen (secondary N) is 8. The van der Waals surface area contributed by atoms with Gasteiger partial charge in [-0.05, 0) is 163 Å². The van der Waals surface area contributed by atoms with Crippen LogP contribution in [0.3, 0.4) is 0 Å². The van der Waals surface area contributed by atoms with Crippen LogP contribution in [0.1, 0.15) is 90.4 Å². The first-order valence-electron chi connectivity index (χ1n) is 33.8. The van der Waals surface area contributed by atoms with Gasteiger partial charge in [-0.15, -0.1) is 0 Å². The first-order valence-corrected chi connectivity index (χ1v) is 33.8. The number of hydrogen-bond donors (Lipinski definition) is 11. The van der Waals surface area contributed by atoms with Crippen molar-refractivity contribution >= 4 is 96.7 Å². The van der Waals surface area contributed by atoms with Crippen molar-refractivity contribution in [3.63, 3.8) is 0 Å². The number of aryl methyl sites for hydroxylation is 1. The van der Waals surface area contributed by atoms with Crippen molar-refractivity contribution in [1.82, 2.24) is 62.1 Å². The van der Waals surface area contributed by atoms with E-state index in [0.717, 1.165) is 110 Å². The van der Waals surface area contributed by atoms with Crippen LogP contribution in [0.2, 0.25) is 0 Å². The number of rotatable bonds is 19. The summed E-state index contributed by atoms with van der Waals surface area (Å²) in [6, 6.07) is 68.2. The average molecular weight is 1420 g/mol. The molecule has 5 heterocycles. The SMILES string of the molecule is CC1NC(=O)N(c2ccc3[nH]nc(-c4ccc(F)cc4)c3c2)C1=O.CCC(=O)NCc1cccc(-c2n[nH]c3ccc(C(N)=O)cc23)c1.NC(=O)c1ccc2[nH]nc(-c3cccc(CNC(=O)CCc4ccccc4)c3)c2c1.NC(=O)c1ccc2[nH]nc(-c3cccc(CNC(=O)c4ccccc4)c3)c2c1. The van der Waals surface area contributed by atoms with Crippen molar-refractivity contribution in [2.24, 2.45) is 17.2 Å². The summed E-state index contributed by atoms with van der Waals surface area (Å²) in [5.74, 6) is -2.15. The number of imide groups is 1. The number of nitrogens with zero attached hydrogens (tertiary/aromatic N) is 5. The first-order chi connectivity index (χ1) is 51.3. The molecule has 1 aliphatic heterocycles. The van der Waals surface area contributed by atoms with Crippen molar-refractivity contribution in [3.05, 3.63) is 281 Å². The number of halogens is 1. The minimum Gasteiger partial charge on any atom is -0.366 e. The summed E-state index contributed by atoms with van der Waals surface area (Å²) >= 11 is 0. The van der Waals surface area contributed by atoms with Crippen molar-refractivity contribution in [1.29, 1.82) is 0 Å². The van der Waals surface area contributed by atoms with Gasteiger partial charge in [-0.3, -0.25) is 54.0 Å². The van der Waals surface area contributed by atoms with Gasteiger partial charge in [-0.2, -0.15) is 20.4 Å². The number of aromatic nitrogens is 8. The summed E-state index contributed by atoms with van der Waals surface area (Å²) < 4.78 is 13.1. The second-order valence-corrected chi connectivity index (χ2v) is 24.8. The summed E-state index contributed by atoms with van der Waals surface area (Å²) in [4.78, 5) is 95.5. The highest BCUT2D eigenvalue weighted by molar-refractivity contribution is 6.22. The van der Waals surface area contributed by atoms with Crippen LogP contribution in [0.4, 0.5) is 14.9 Å². The molecule has 0 aliphatic carbocycles. The van der Waals surface area contributed by atoms with E-state index >= 15 is 0 Å². The van der Waals surface area contributed by atoms with Crippen molar-refractivity contribution in [3.8, 4) is 45.0 Å². The lowest BCUT2D eigenvalue weighted by molar-refractivity contribution is -0.121. The Morgan fingerprint density at radius 2 is 0.821 bits per heavy atom. The maximum atomic E-state index is 13.1. The Morgan fingerprint density at radius 1 is 0.425 bits per heavy atom. The molecule has 0 spiro atoms. The molecular weight excluding hydrogens is 1340 g/mol. The van der Waals surface area contributed by atoms with E-state index in [2.05, 4.69) is 62.1 Å². The molecule has 530 valence electrons. The second-order valence-electron chi connectivity index (χ2n) is 24.8. The number of urea groups is 1. The van der Waals surface area contributed by atoms with Gasteiger partial charge in [-0.1, -0.05) is 110 Å². The Bertz CT molecular complexity index is 5620. The molecule has 15 rings (SSSR count). The van der Waals surface area contributed by atoms with Crippen LogP contribution >= 0.6 is 0 Å². The lowest BCUT2D eigenvalue weighted by Crippen LogP contribution is -2.30. The standard InChI is InChI=1S/C24H22N4O2.C22H18N4O2.C18H18N4O2.C17H13FN4O2/c25-24(30)19-10-11-21-20(14-19)23(28-27-21)18-8-4-7-17(13-18)15-26-22(29)12-9-16-5-2-1-3-6-16;23-21(27)17-9-10-19-18(12-17)20(26-25-19)16-8-4-5-14(11-16)13-24-22(28)15-6-2-1-3-7-15;1-2-16(23)20-10-11-4-3-5-12(8-11)17-14-9-13(18(19)24)6-7-15(14)21-22-17;1-9-16(23)22(17(24)19-9)12-6-7-14-13(8-12)15(21-20-14)10-2-4-11(18)5-3-10/h1-8,10-11,13-14H,9,12,15H2,(H2,25,30)(H,26,29)(H,27,28);1-12H,13H2,(H2,23,27)(H,24,28)(H,25,26);3-9H,2,10H2,1H3,(H2,19,24)(H,20,23)(H,21,22);2-9H,1H3,(H,19,24)(H,20,21). The number of hydrogen-bond acceptors (Lipinski definition) is 12. The predicted octanol–water partition coefficient (Wildman–Crippen LogP) is 12.0. The Labute approximate surface area is 605 Å². The molecular formula is C81H71FN16O8. The number of carbonyl (C=O) groups excluding carboxylic acids is 8. The van der Waals surface area contributed by atoms with Gasteiger partial charge in [0.15, 0.2) is 0 Å². The number of anilines is 1. The fourth-order valence-electron chi connectivity index (χ4n) is 11.9. The summed E-state index contributed by atoms with van der Waals surface area (Å²) in [5.41, 5.74) is 32.1. The van der Waals surface area contributed by atoms with Crippen LogP contribution < -0.4 is 43.4 Å². The Kier molecular flexibility index (Phi) is 22.0. The monoisotopic (exact) mass is 1410 g/mol. The second kappa shape index (κ2) is 32.6. The van der Waals surface area contributed by atoms with Crippen molar-refractivity contribution in [2.75, 3.05) is 4.90 Å². The smallest absolute Gasteiger partial charge is 0.329 e. The molecule has 14 aromatic rings. The van der Waals surface area contributed by atoms with E-state index in [9.17, 15) is 42.7 Å². The molecule has 1 fully saturated rings. The van der Waals surface area contributed by atoms with Crippen LogP contribution in [0.15, 0.2) is 231 Å². The van der Waals surface area contributed by atoms with Crippen LogP contribution in [-0.2, 0) is 40.4 Å². The van der Waals surface area contributed by atoms with E-state index in [1.54, 1.807) is 104 Å². The first kappa shape index (κ1) is 71.6. The van der Waals surface area contributed by atoms with Gasteiger partial charge in [-0.25, -0.2) is 14.1 Å². The summed E-state index contributed by atoms with van der Waals surface area (Å²) in [6.07, 6.45) is 1.62. The van der Waals surface area contributed by atoms with E-state index in [1.807, 2.05) is 128 Å². The fourth-order valence-corrected chi connectivity index (χ4v) is 11.9. The van der Waals surface area contributed by atoms with Crippen molar-refractivity contribution in [2.45, 2.75) is 58.8 Å². The number of amides is 9. The number of aromatic amines is 4. The Hall–Kier alpha value is -14.2. The number of nitrogens with two attached hydrogens (primary N) is 3. The molecule has 1 saturated heterocycles. The zero-order chi connectivity index (χ0) is 74.4. The molecule has 9 amide bonds. The third-order valence-electron chi connectivity index (χ3n) is 17.5. The minimum absolute atomic E-state index is 0.0109. The largest absolute Gasteiger partial charge is 0.366 e. The molecule has 24 nitrogen and oxygen atoms in total. The van der Waals surface area contributed by atoms with E-state index in [4.69, 9.17) is 17.2 Å². The van der Waals surface area contributed by atoms with Gasteiger partial charge < -0.3 is 38.5 Å². The third-order valence-corrected chi connectivity index (χ3v) is 17.5. The van der Waals surface area contributed by atoms with Crippen LogP contribution in [0, 0.1) is 5.82 Å². The average Bonchev–Trinajstić information content (AvgIpc) is 1.64. The summed E-state index contributed by atoms with van der Waals surface area (Å²) in [7, 11) is 0. The normalized spacial score (nSPS) is 12.3. The highest BCUT2D eigenvalue weighted by atomic mass is 19.1. The quantitative estimate of drug-likeness (QED) is 0.0337. The molecule has 1 atom stereocenters.